The zero-order valence-corrected chi connectivity index (χ0v) is 10.2. The van der Waals surface area contributed by atoms with Crippen molar-refractivity contribution in [1.29, 1.82) is 0 Å². The van der Waals surface area contributed by atoms with Gasteiger partial charge in [0.25, 0.3) is 0 Å². The van der Waals surface area contributed by atoms with E-state index in [0.717, 1.165) is 23.5 Å². The maximum absolute atomic E-state index is 4.17. The Hall–Kier alpha value is -2.03. The molecule has 2 N–H and O–H groups in total. The maximum Gasteiger partial charge on any atom is 0.0591 e. The molecule has 0 aliphatic rings. The molecule has 0 radical (unpaired) electrons. The van der Waals surface area contributed by atoms with Gasteiger partial charge in [0.1, 0.15) is 0 Å². The van der Waals surface area contributed by atoms with E-state index in [0.29, 0.717) is 0 Å². The molecule has 3 heteroatoms. The zero-order chi connectivity index (χ0) is 12.1. The predicted octanol–water partition coefficient (Wildman–Crippen LogP) is 3.43. The highest BCUT2D eigenvalue weighted by molar-refractivity contribution is 5.63. The smallest absolute Gasteiger partial charge is 0.0591 e. The number of hydrogen-bond acceptors (Lipinski definition) is 3. The van der Waals surface area contributed by atoms with E-state index in [2.05, 4.69) is 46.8 Å². The fraction of sp³-hybridized carbons (Fsp3) is 0.214. The zero-order valence-electron chi connectivity index (χ0n) is 10.2. The van der Waals surface area contributed by atoms with Crippen LogP contribution >= 0.6 is 0 Å². The Morgan fingerprint density at radius 2 is 1.88 bits per heavy atom. The van der Waals surface area contributed by atoms with Crippen molar-refractivity contribution in [2.45, 2.75) is 13.3 Å². The molecule has 2 aromatic rings. The van der Waals surface area contributed by atoms with Crippen LogP contribution in [0.15, 0.2) is 42.7 Å². The molecule has 0 atom stereocenters. The topological polar surface area (TPSA) is 37.0 Å². The third-order valence-electron chi connectivity index (χ3n) is 2.65. The molecule has 0 amide bonds. The van der Waals surface area contributed by atoms with E-state index in [1.807, 2.05) is 19.3 Å². The van der Waals surface area contributed by atoms with Crippen molar-refractivity contribution < 1.29 is 0 Å². The van der Waals surface area contributed by atoms with Gasteiger partial charge in [0.15, 0.2) is 0 Å². The molecule has 1 aromatic heterocycles. The number of hydrogen-bond donors (Lipinski definition) is 2. The van der Waals surface area contributed by atoms with Crippen LogP contribution in [0.4, 0.5) is 17.1 Å². The minimum Gasteiger partial charge on any atom is -0.387 e. The lowest BCUT2D eigenvalue weighted by Gasteiger charge is -2.08. The van der Waals surface area contributed by atoms with Crippen LogP contribution < -0.4 is 10.6 Å². The third-order valence-corrected chi connectivity index (χ3v) is 2.65. The molecule has 3 nitrogen and oxygen atoms in total. The Morgan fingerprint density at radius 3 is 2.65 bits per heavy atom. The molecule has 1 aromatic carbocycles. The number of nitrogens with zero attached hydrogens (tertiary/aromatic N) is 1. The average molecular weight is 227 g/mol. The lowest BCUT2D eigenvalue weighted by molar-refractivity contribution is 1.14. The highest BCUT2D eigenvalue weighted by Crippen LogP contribution is 2.19. The molecule has 0 bridgehead atoms. The highest BCUT2D eigenvalue weighted by Gasteiger charge is 1.97. The molecule has 0 spiro atoms. The first-order valence-corrected chi connectivity index (χ1v) is 5.80. The number of nitrogens with one attached hydrogen (secondary N) is 2. The minimum atomic E-state index is 0.991. The van der Waals surface area contributed by atoms with Crippen molar-refractivity contribution in [3.63, 3.8) is 0 Å². The Balaban J connectivity index is 2.18. The summed E-state index contributed by atoms with van der Waals surface area (Å²) in [6.07, 6.45) is 4.66. The van der Waals surface area contributed by atoms with E-state index in [-0.39, 0.29) is 0 Å². The standard InChI is InChI=1S/C14H17N3/c1-3-11-5-4-6-12(7-11)17-14-8-13(15-2)9-16-10-14/h4-10,15,17H,3H2,1-2H3. The van der Waals surface area contributed by atoms with Gasteiger partial charge in [-0.15, -0.1) is 0 Å². The van der Waals surface area contributed by atoms with E-state index in [1.165, 1.54) is 5.56 Å². The van der Waals surface area contributed by atoms with Gasteiger partial charge < -0.3 is 10.6 Å². The normalized spacial score (nSPS) is 10.0. The van der Waals surface area contributed by atoms with Crippen molar-refractivity contribution >= 4 is 17.1 Å². The molecule has 0 aliphatic heterocycles. The summed E-state index contributed by atoms with van der Waals surface area (Å²) in [5, 5.41) is 6.42. The summed E-state index contributed by atoms with van der Waals surface area (Å²) in [7, 11) is 1.89. The van der Waals surface area contributed by atoms with E-state index in [9.17, 15) is 0 Å². The van der Waals surface area contributed by atoms with Gasteiger partial charge in [0, 0.05) is 12.7 Å². The second-order valence-corrected chi connectivity index (χ2v) is 3.89. The van der Waals surface area contributed by atoms with Crippen LogP contribution in [0, 0.1) is 0 Å². The van der Waals surface area contributed by atoms with Crippen molar-refractivity contribution in [3.05, 3.63) is 48.3 Å². The van der Waals surface area contributed by atoms with E-state index in [4.69, 9.17) is 0 Å². The first kappa shape index (κ1) is 11.5. The van der Waals surface area contributed by atoms with Crippen LogP contribution in [-0.2, 0) is 6.42 Å². The fourth-order valence-electron chi connectivity index (χ4n) is 1.68. The van der Waals surface area contributed by atoms with E-state index < -0.39 is 0 Å². The molecule has 88 valence electrons. The second kappa shape index (κ2) is 5.34. The fourth-order valence-corrected chi connectivity index (χ4v) is 1.68. The molecule has 0 aliphatic carbocycles. The van der Waals surface area contributed by atoms with Gasteiger partial charge in [0.05, 0.1) is 23.8 Å². The SMILES string of the molecule is CCc1cccc(Nc2cncc(NC)c2)c1. The summed E-state index contributed by atoms with van der Waals surface area (Å²) in [6, 6.07) is 10.5. The predicted molar refractivity (Wildman–Crippen MR) is 72.9 cm³/mol. The van der Waals surface area contributed by atoms with Crippen molar-refractivity contribution in [3.8, 4) is 0 Å². The summed E-state index contributed by atoms with van der Waals surface area (Å²) >= 11 is 0. The highest BCUT2D eigenvalue weighted by atomic mass is 14.9. The van der Waals surface area contributed by atoms with Crippen LogP contribution in [0.1, 0.15) is 12.5 Å². The molecule has 0 saturated carbocycles. The monoisotopic (exact) mass is 227 g/mol. The van der Waals surface area contributed by atoms with Gasteiger partial charge in [0.2, 0.25) is 0 Å². The summed E-state index contributed by atoms with van der Waals surface area (Å²) in [4.78, 5) is 4.17. The minimum absolute atomic E-state index is 0.991. The summed E-state index contributed by atoms with van der Waals surface area (Å²) in [5.41, 5.74) is 4.42. The largest absolute Gasteiger partial charge is 0.387 e. The number of aryl methyl sites for hydroxylation is 1. The molecular weight excluding hydrogens is 210 g/mol. The van der Waals surface area contributed by atoms with E-state index in [1.54, 1.807) is 6.20 Å². The Morgan fingerprint density at radius 1 is 1.06 bits per heavy atom. The molecule has 0 unspecified atom stereocenters. The maximum atomic E-state index is 4.17. The van der Waals surface area contributed by atoms with Crippen LogP contribution in [-0.4, -0.2) is 12.0 Å². The number of anilines is 3. The molecule has 0 fully saturated rings. The number of rotatable bonds is 4. The molecule has 2 rings (SSSR count). The van der Waals surface area contributed by atoms with Crippen LogP contribution in [0.25, 0.3) is 0 Å². The quantitative estimate of drug-likeness (QED) is 0.840. The Labute approximate surface area is 102 Å². The summed E-state index contributed by atoms with van der Waals surface area (Å²) in [5.74, 6) is 0. The second-order valence-electron chi connectivity index (χ2n) is 3.89. The summed E-state index contributed by atoms with van der Waals surface area (Å²) in [6.45, 7) is 2.16. The van der Waals surface area contributed by atoms with Gasteiger partial charge in [-0.3, -0.25) is 4.98 Å². The third kappa shape index (κ3) is 2.97. The number of aromatic nitrogens is 1. The van der Waals surface area contributed by atoms with Crippen LogP contribution in [0.2, 0.25) is 0 Å². The lowest BCUT2D eigenvalue weighted by Crippen LogP contribution is -1.95. The average Bonchev–Trinajstić information content (AvgIpc) is 2.39. The van der Waals surface area contributed by atoms with Crippen molar-refractivity contribution in [2.75, 3.05) is 17.7 Å². The first-order valence-electron chi connectivity index (χ1n) is 5.80. The Kier molecular flexibility index (Phi) is 3.60. The van der Waals surface area contributed by atoms with Gasteiger partial charge >= 0.3 is 0 Å². The van der Waals surface area contributed by atoms with Gasteiger partial charge in [-0.2, -0.15) is 0 Å². The van der Waals surface area contributed by atoms with Gasteiger partial charge in [-0.05, 0) is 30.2 Å². The summed E-state index contributed by atoms with van der Waals surface area (Å²) < 4.78 is 0. The van der Waals surface area contributed by atoms with Gasteiger partial charge in [-0.25, -0.2) is 0 Å². The van der Waals surface area contributed by atoms with Crippen LogP contribution in [0.5, 0.6) is 0 Å². The van der Waals surface area contributed by atoms with Gasteiger partial charge in [-0.1, -0.05) is 19.1 Å². The molecule has 0 saturated heterocycles. The molecular formula is C14H17N3. The number of benzene rings is 1. The Bertz CT molecular complexity index is 449. The van der Waals surface area contributed by atoms with Crippen LogP contribution in [0.3, 0.4) is 0 Å². The van der Waals surface area contributed by atoms with Crippen molar-refractivity contribution in [2.24, 2.45) is 0 Å². The lowest BCUT2D eigenvalue weighted by atomic mass is 10.1. The molecule has 17 heavy (non-hydrogen) atoms. The number of pyridine rings is 1. The molecule has 1 heterocycles. The van der Waals surface area contributed by atoms with Crippen molar-refractivity contribution in [1.82, 2.24) is 4.98 Å². The first-order chi connectivity index (χ1) is 8.31. The van der Waals surface area contributed by atoms with E-state index >= 15 is 0 Å².